The average molecular weight is 756 g/mol. The molecular weight excluding hydrogens is 724 g/mol. The first-order valence-electron chi connectivity index (χ1n) is 14.4. The van der Waals surface area contributed by atoms with E-state index in [0.29, 0.717) is 48.4 Å². The Morgan fingerprint density at radius 1 is 0.400 bits per heavy atom. The van der Waals surface area contributed by atoms with E-state index in [-0.39, 0.29) is 57.1 Å². The van der Waals surface area contributed by atoms with Crippen LogP contribution in [0.15, 0.2) is 117 Å². The summed E-state index contributed by atoms with van der Waals surface area (Å²) < 4.78 is 0. The van der Waals surface area contributed by atoms with Crippen molar-refractivity contribution >= 4 is 24.9 Å². The maximum atomic E-state index is 11.4. The molecule has 2 radical (unpaired) electrons. The van der Waals surface area contributed by atoms with Crippen molar-refractivity contribution in [3.63, 3.8) is 0 Å². The van der Waals surface area contributed by atoms with Gasteiger partial charge in [0, 0.05) is 51.0 Å². The Kier molecular flexibility index (Phi) is 28.6. The van der Waals surface area contributed by atoms with Crippen molar-refractivity contribution < 1.29 is 54.6 Å². The zero-order valence-corrected chi connectivity index (χ0v) is 28.8. The molecule has 0 fully saturated rings. The van der Waals surface area contributed by atoms with Crippen molar-refractivity contribution in [1.29, 1.82) is 0 Å². The van der Waals surface area contributed by atoms with Crippen molar-refractivity contribution in [2.45, 2.75) is 12.8 Å². The zero-order valence-electron chi connectivity index (χ0n) is 26.6. The number of hydrogen-bond donors (Lipinski definition) is 0. The first-order valence-corrected chi connectivity index (χ1v) is 14.4. The normalized spacial score (nSPS) is 9.92. The Labute approximate surface area is 311 Å². The molecule has 4 rings (SSSR count). The topological polar surface area (TPSA) is 259 Å². The Balaban J connectivity index is 0. The van der Waals surface area contributed by atoms with E-state index in [2.05, 4.69) is 20.0 Å². The molecule has 4 aromatic carbocycles. The van der Waals surface area contributed by atoms with E-state index in [1.807, 2.05) is 24.3 Å². The summed E-state index contributed by atoms with van der Waals surface area (Å²) in [4.78, 5) is 19.8. The van der Waals surface area contributed by atoms with Gasteiger partial charge in [-0.1, -0.05) is 97.1 Å². The molecule has 0 aliphatic carbocycles. The second-order valence-corrected chi connectivity index (χ2v) is 9.18. The molecule has 0 saturated heterocycles. The van der Waals surface area contributed by atoms with Gasteiger partial charge in [-0.25, -0.2) is 0 Å². The molecule has 0 atom stereocenters. The fourth-order valence-corrected chi connectivity index (χ4v) is 3.51. The van der Waals surface area contributed by atoms with Crippen LogP contribution in [0.25, 0.3) is 31.9 Å². The molecule has 0 spiro atoms. The van der Waals surface area contributed by atoms with Crippen LogP contribution in [0.4, 0.5) is 0 Å². The van der Waals surface area contributed by atoms with E-state index >= 15 is 0 Å². The zero-order chi connectivity index (χ0) is 35.2. The van der Waals surface area contributed by atoms with E-state index in [1.165, 1.54) is 34.1 Å². The maximum absolute atomic E-state index is 11.4. The Bertz CT molecular complexity index is 1470. The van der Waals surface area contributed by atoms with Gasteiger partial charge < -0.3 is 42.6 Å². The first kappa shape index (κ1) is 46.5. The van der Waals surface area contributed by atoms with Gasteiger partial charge in [-0.05, 0) is 35.1 Å². The van der Waals surface area contributed by atoms with E-state index in [1.54, 1.807) is 73.4 Å². The summed E-state index contributed by atoms with van der Waals surface area (Å²) >= 11 is 0. The molecule has 14 nitrogen and oxygen atoms in total. The van der Waals surface area contributed by atoms with Crippen molar-refractivity contribution in [2.75, 3.05) is 26.2 Å². The van der Waals surface area contributed by atoms with Gasteiger partial charge in [0.25, 0.3) is 0 Å². The van der Waals surface area contributed by atoms with Gasteiger partial charge in [-0.3, -0.25) is 29.8 Å². The maximum Gasteiger partial charge on any atom is 3.00 e. The summed E-state index contributed by atoms with van der Waals surface area (Å²) in [5.74, 6) is -0.0877. The van der Waals surface area contributed by atoms with Gasteiger partial charge in [0.15, 0.2) is 0 Å². The minimum absolute atomic E-state index is 0. The SMILES string of the molecule is [Fe+3].[Fe+3].[N-]=[N+]=[N-].[N-]=[N+]=[N-].[O-]c1ccccc1C=NCCCN=Cc1ccccc1[O-].[O-]c1ccccc1C=NCCCN=Cc1ccccc1[O-]. The summed E-state index contributed by atoms with van der Waals surface area (Å²) in [5, 5.41) is 45.7. The van der Waals surface area contributed by atoms with Crippen molar-refractivity contribution in [2.24, 2.45) is 20.0 Å². The first-order chi connectivity index (χ1) is 23.4. The second-order valence-electron chi connectivity index (χ2n) is 9.18. The summed E-state index contributed by atoms with van der Waals surface area (Å²) in [7, 11) is 0. The fraction of sp³-hybridized carbons (Fsp3) is 0.176. The summed E-state index contributed by atoms with van der Waals surface area (Å²) in [6, 6.07) is 27.2. The Morgan fingerprint density at radius 2 is 0.580 bits per heavy atom. The number of aliphatic imine (C=N–C) groups is 4. The summed E-state index contributed by atoms with van der Waals surface area (Å²) in [6.45, 7) is 2.41. The molecule has 0 N–H and O–H groups in total. The minimum atomic E-state index is -0.0219. The van der Waals surface area contributed by atoms with Crippen LogP contribution < -0.4 is 20.4 Å². The molecule has 0 saturated carbocycles. The largest absolute Gasteiger partial charge is 3.00 e. The fourth-order valence-electron chi connectivity index (χ4n) is 3.51. The molecule has 4 aromatic rings. The van der Waals surface area contributed by atoms with Gasteiger partial charge in [-0.15, -0.1) is 23.0 Å². The molecule has 0 heterocycles. The molecule has 0 unspecified atom stereocenters. The molecule has 258 valence electrons. The molecule has 0 aromatic heterocycles. The van der Waals surface area contributed by atoms with Crippen LogP contribution in [0.3, 0.4) is 0 Å². The van der Waals surface area contributed by atoms with Gasteiger partial charge in [0.1, 0.15) is 0 Å². The molecular formula is C34H32Fe2N10O4. The quantitative estimate of drug-likeness (QED) is 0.0468. The van der Waals surface area contributed by atoms with Crippen LogP contribution in [0, 0.1) is 0 Å². The molecule has 0 bridgehead atoms. The van der Waals surface area contributed by atoms with Crippen molar-refractivity contribution in [3.05, 3.63) is 151 Å². The standard InChI is InChI=1S/2C17H18N2O2.2Fe.2N3/c2*20-16-8-3-1-6-14(16)12-18-10-5-11-19-13-15-7-2-4-9-17(15)21;;;2*1-3-2/h2*1-4,6-9,12-13,20-21H,5,10-11H2;;;;/q;;2*+3;2*-1/p-4. The molecule has 0 aliphatic rings. The smallest absolute Gasteiger partial charge is 0.872 e. The van der Waals surface area contributed by atoms with Crippen LogP contribution in [-0.4, -0.2) is 51.0 Å². The number of rotatable bonds is 12. The van der Waals surface area contributed by atoms with Crippen LogP contribution in [0.2, 0.25) is 0 Å². The van der Waals surface area contributed by atoms with E-state index in [4.69, 9.17) is 22.1 Å². The molecule has 16 heteroatoms. The van der Waals surface area contributed by atoms with Crippen molar-refractivity contribution in [3.8, 4) is 23.0 Å². The third-order valence-electron chi connectivity index (χ3n) is 5.75. The second kappa shape index (κ2) is 30.7. The molecule has 0 aliphatic heterocycles. The third-order valence-corrected chi connectivity index (χ3v) is 5.75. The molecule has 0 amide bonds. The Morgan fingerprint density at radius 3 is 0.760 bits per heavy atom. The van der Waals surface area contributed by atoms with Crippen LogP contribution in [0.5, 0.6) is 23.0 Å². The average Bonchev–Trinajstić information content (AvgIpc) is 3.08. The van der Waals surface area contributed by atoms with Crippen LogP contribution >= 0.6 is 0 Å². The van der Waals surface area contributed by atoms with Gasteiger partial charge in [-0.2, -0.15) is 0 Å². The number of nitrogens with zero attached hydrogens (tertiary/aromatic N) is 10. The predicted molar refractivity (Wildman–Crippen MR) is 183 cm³/mol. The monoisotopic (exact) mass is 756 g/mol. The van der Waals surface area contributed by atoms with Crippen LogP contribution in [0.1, 0.15) is 35.1 Å². The third kappa shape index (κ3) is 21.3. The summed E-state index contributed by atoms with van der Waals surface area (Å²) in [5.41, 5.74) is 29.4. The van der Waals surface area contributed by atoms with Gasteiger partial charge >= 0.3 is 34.1 Å². The molecule has 50 heavy (non-hydrogen) atoms. The van der Waals surface area contributed by atoms with Crippen molar-refractivity contribution in [1.82, 2.24) is 0 Å². The van der Waals surface area contributed by atoms with E-state index in [0.717, 1.165) is 12.8 Å². The van der Waals surface area contributed by atoms with Crippen LogP contribution in [-0.2, 0) is 34.1 Å². The number of hydrogen-bond acceptors (Lipinski definition) is 8. The van der Waals surface area contributed by atoms with Gasteiger partial charge in [0.2, 0.25) is 0 Å². The number of para-hydroxylation sites is 4. The Hall–Kier alpha value is -5.58. The number of benzene rings is 4. The van der Waals surface area contributed by atoms with Gasteiger partial charge in [0.05, 0.1) is 0 Å². The predicted octanol–water partition coefficient (Wildman–Crippen LogP) is 5.25. The summed E-state index contributed by atoms with van der Waals surface area (Å²) in [6.07, 6.45) is 7.93. The van der Waals surface area contributed by atoms with E-state index in [9.17, 15) is 20.4 Å². The van der Waals surface area contributed by atoms with E-state index < -0.39 is 0 Å². The minimum Gasteiger partial charge on any atom is -0.872 e.